The second kappa shape index (κ2) is 7.86. The van der Waals surface area contributed by atoms with Gasteiger partial charge in [0.2, 0.25) is 5.91 Å². The number of nitrogens with one attached hydrogen (secondary N) is 2. The van der Waals surface area contributed by atoms with Crippen molar-refractivity contribution < 1.29 is 9.53 Å². The predicted octanol–water partition coefficient (Wildman–Crippen LogP) is 2.14. The molecule has 3 aliphatic rings. The number of hydrogen-bond donors (Lipinski definition) is 2. The van der Waals surface area contributed by atoms with Crippen molar-refractivity contribution in [2.45, 2.75) is 37.8 Å². The van der Waals surface area contributed by atoms with Crippen LogP contribution in [0.15, 0.2) is 12.1 Å². The minimum Gasteiger partial charge on any atom is -0.495 e. The fraction of sp³-hybridized carbons (Fsp3) is 0.650. The maximum absolute atomic E-state index is 12.9. The molecule has 6 nitrogen and oxygen atoms in total. The van der Waals surface area contributed by atoms with E-state index in [-0.39, 0.29) is 11.9 Å². The van der Waals surface area contributed by atoms with E-state index in [0.29, 0.717) is 17.7 Å². The van der Waals surface area contributed by atoms with Crippen LogP contribution in [-0.2, 0) is 4.79 Å². The maximum atomic E-state index is 12.9. The van der Waals surface area contributed by atoms with Crippen LogP contribution in [0.2, 0.25) is 5.02 Å². The molecule has 1 aromatic rings. The Bertz CT molecular complexity index is 697. The number of halogens is 1. The van der Waals surface area contributed by atoms with Crippen LogP contribution in [0, 0.1) is 0 Å². The lowest BCUT2D eigenvalue weighted by molar-refractivity contribution is -0.133. The van der Waals surface area contributed by atoms with Gasteiger partial charge in [-0.1, -0.05) is 11.6 Å². The first-order chi connectivity index (χ1) is 13.1. The average Bonchev–Trinajstić information content (AvgIpc) is 3.46. The Morgan fingerprint density at radius 3 is 2.52 bits per heavy atom. The molecule has 4 rings (SSSR count). The number of hydrogen-bond acceptors (Lipinski definition) is 5. The normalized spacial score (nSPS) is 22.3. The fourth-order valence-corrected chi connectivity index (χ4v) is 4.28. The molecule has 1 amide bonds. The molecule has 2 aliphatic heterocycles. The van der Waals surface area contributed by atoms with Gasteiger partial charge in [-0.05, 0) is 37.3 Å². The highest BCUT2D eigenvalue weighted by Crippen LogP contribution is 2.46. The highest BCUT2D eigenvalue weighted by atomic mass is 35.5. The summed E-state index contributed by atoms with van der Waals surface area (Å²) in [5.41, 5.74) is 2.01. The van der Waals surface area contributed by atoms with Crippen LogP contribution in [-0.4, -0.2) is 74.2 Å². The van der Waals surface area contributed by atoms with E-state index in [1.807, 2.05) is 17.9 Å². The summed E-state index contributed by atoms with van der Waals surface area (Å²) in [6.07, 6.45) is 2.36. The van der Waals surface area contributed by atoms with Crippen LogP contribution in [0.3, 0.4) is 0 Å². The Kier molecular flexibility index (Phi) is 5.48. The average molecular weight is 393 g/mol. The molecule has 0 unspecified atom stereocenters. The van der Waals surface area contributed by atoms with E-state index in [9.17, 15) is 4.79 Å². The van der Waals surface area contributed by atoms with Gasteiger partial charge in [0.25, 0.3) is 0 Å². The smallest absolute Gasteiger partial charge is 0.244 e. The van der Waals surface area contributed by atoms with Crippen molar-refractivity contribution >= 4 is 23.2 Å². The van der Waals surface area contributed by atoms with Crippen molar-refractivity contribution in [2.75, 3.05) is 51.7 Å². The second-order valence-corrected chi connectivity index (χ2v) is 8.29. The number of anilines is 1. The van der Waals surface area contributed by atoms with Crippen LogP contribution in [0.1, 0.15) is 31.2 Å². The Labute approximate surface area is 166 Å². The standard InChI is InChI=1S/C20H29ClN4O2/c1-13(20(26)25-7-5-24(6-8-25)15-11-22-12-15)23-18-9-16(14-3-4-14)17(21)10-19(18)27-2/h9-10,13-15,22-23H,3-8,11-12H2,1-2H3/t13-/m0/s1. The van der Waals surface area contributed by atoms with E-state index >= 15 is 0 Å². The van der Waals surface area contributed by atoms with Crippen molar-refractivity contribution in [2.24, 2.45) is 0 Å². The molecular weight excluding hydrogens is 364 g/mol. The zero-order chi connectivity index (χ0) is 19.0. The molecule has 1 atom stereocenters. The molecule has 1 aromatic carbocycles. The van der Waals surface area contributed by atoms with Gasteiger partial charge in [-0.15, -0.1) is 0 Å². The third-order valence-electron chi connectivity index (χ3n) is 5.98. The molecule has 0 spiro atoms. The third kappa shape index (κ3) is 4.03. The summed E-state index contributed by atoms with van der Waals surface area (Å²) in [5, 5.41) is 7.43. The van der Waals surface area contributed by atoms with Crippen LogP contribution in [0.25, 0.3) is 0 Å². The van der Waals surface area contributed by atoms with Gasteiger partial charge >= 0.3 is 0 Å². The highest BCUT2D eigenvalue weighted by Gasteiger charge is 2.31. The zero-order valence-electron chi connectivity index (χ0n) is 16.1. The van der Waals surface area contributed by atoms with Crippen molar-refractivity contribution in [3.05, 3.63) is 22.7 Å². The summed E-state index contributed by atoms with van der Waals surface area (Å²) in [7, 11) is 1.63. The van der Waals surface area contributed by atoms with E-state index in [4.69, 9.17) is 16.3 Å². The summed E-state index contributed by atoms with van der Waals surface area (Å²) in [6.45, 7) is 7.59. The van der Waals surface area contributed by atoms with Crippen LogP contribution in [0.5, 0.6) is 5.75 Å². The molecule has 0 aromatic heterocycles. The quantitative estimate of drug-likeness (QED) is 0.776. The number of amides is 1. The van der Waals surface area contributed by atoms with Gasteiger partial charge in [0.1, 0.15) is 11.8 Å². The largest absolute Gasteiger partial charge is 0.495 e. The molecule has 0 radical (unpaired) electrons. The van der Waals surface area contributed by atoms with Crippen LogP contribution >= 0.6 is 11.6 Å². The van der Waals surface area contributed by atoms with E-state index in [0.717, 1.165) is 55.5 Å². The number of benzene rings is 1. The zero-order valence-corrected chi connectivity index (χ0v) is 16.9. The summed E-state index contributed by atoms with van der Waals surface area (Å²) in [6, 6.07) is 4.27. The first-order valence-corrected chi connectivity index (χ1v) is 10.3. The number of rotatable bonds is 6. The van der Waals surface area contributed by atoms with Crippen molar-refractivity contribution in [1.29, 1.82) is 0 Å². The third-order valence-corrected chi connectivity index (χ3v) is 6.31. The SMILES string of the molecule is COc1cc(Cl)c(C2CC2)cc1N[C@@H](C)C(=O)N1CCN(C2CNC2)CC1. The van der Waals surface area contributed by atoms with Crippen LogP contribution in [0.4, 0.5) is 5.69 Å². The Balaban J connectivity index is 1.39. The minimum atomic E-state index is -0.302. The lowest BCUT2D eigenvalue weighted by Gasteiger charge is -2.43. The van der Waals surface area contributed by atoms with Gasteiger partial charge in [-0.25, -0.2) is 0 Å². The lowest BCUT2D eigenvalue weighted by atomic mass is 10.1. The molecule has 2 heterocycles. The molecular formula is C20H29ClN4O2. The van der Waals surface area contributed by atoms with E-state index < -0.39 is 0 Å². The highest BCUT2D eigenvalue weighted by molar-refractivity contribution is 6.31. The molecule has 1 aliphatic carbocycles. The van der Waals surface area contributed by atoms with Crippen molar-refractivity contribution in [3.8, 4) is 5.75 Å². The Morgan fingerprint density at radius 1 is 1.26 bits per heavy atom. The summed E-state index contributed by atoms with van der Waals surface area (Å²) in [5.74, 6) is 1.38. The topological polar surface area (TPSA) is 56.8 Å². The minimum absolute atomic E-state index is 0.145. The first-order valence-electron chi connectivity index (χ1n) is 9.94. The van der Waals surface area contributed by atoms with E-state index in [2.05, 4.69) is 21.6 Å². The van der Waals surface area contributed by atoms with E-state index in [1.54, 1.807) is 7.11 Å². The van der Waals surface area contributed by atoms with Crippen molar-refractivity contribution in [3.63, 3.8) is 0 Å². The van der Waals surface area contributed by atoms with Gasteiger partial charge < -0.3 is 20.3 Å². The van der Waals surface area contributed by atoms with Gasteiger partial charge in [-0.3, -0.25) is 9.69 Å². The van der Waals surface area contributed by atoms with Crippen LogP contribution < -0.4 is 15.4 Å². The molecule has 2 N–H and O–H groups in total. The van der Waals surface area contributed by atoms with Gasteiger partial charge in [-0.2, -0.15) is 0 Å². The van der Waals surface area contributed by atoms with Gasteiger partial charge in [0, 0.05) is 56.4 Å². The summed E-state index contributed by atoms with van der Waals surface area (Å²) in [4.78, 5) is 17.4. The first kappa shape index (κ1) is 18.8. The summed E-state index contributed by atoms with van der Waals surface area (Å²) >= 11 is 6.40. The number of carbonyl (C=O) groups is 1. The number of ether oxygens (including phenoxy) is 1. The van der Waals surface area contributed by atoms with Gasteiger partial charge in [0.15, 0.2) is 0 Å². The molecule has 3 fully saturated rings. The van der Waals surface area contributed by atoms with E-state index in [1.165, 1.54) is 12.8 Å². The monoisotopic (exact) mass is 392 g/mol. The molecule has 27 heavy (non-hydrogen) atoms. The molecule has 0 bridgehead atoms. The molecule has 1 saturated carbocycles. The fourth-order valence-electron chi connectivity index (χ4n) is 3.97. The molecule has 2 saturated heterocycles. The van der Waals surface area contributed by atoms with Gasteiger partial charge in [0.05, 0.1) is 12.8 Å². The lowest BCUT2D eigenvalue weighted by Crippen LogP contribution is -2.62. The number of carbonyl (C=O) groups excluding carboxylic acids is 1. The van der Waals surface area contributed by atoms with Crippen molar-refractivity contribution in [1.82, 2.24) is 15.1 Å². The number of nitrogens with zero attached hydrogens (tertiary/aromatic N) is 2. The molecule has 148 valence electrons. The maximum Gasteiger partial charge on any atom is 0.244 e. The molecule has 7 heteroatoms. The second-order valence-electron chi connectivity index (χ2n) is 7.89. The number of piperazine rings is 1. The Hall–Kier alpha value is -1.50. The summed E-state index contributed by atoms with van der Waals surface area (Å²) < 4.78 is 5.48. The Morgan fingerprint density at radius 2 is 1.96 bits per heavy atom. The predicted molar refractivity (Wildman–Crippen MR) is 108 cm³/mol. The number of methoxy groups -OCH3 is 1.